The predicted octanol–water partition coefficient (Wildman–Crippen LogP) is 0.229. The van der Waals surface area contributed by atoms with Gasteiger partial charge in [0.25, 0.3) is 10.9 Å². The Labute approximate surface area is 123 Å². The second-order valence-electron chi connectivity index (χ2n) is 5.48. The largest absolute Gasteiger partial charge is 0.394 e. The van der Waals surface area contributed by atoms with Crippen molar-refractivity contribution in [3.8, 4) is 0 Å². The Morgan fingerprint density at radius 1 is 0.952 bits per heavy atom. The molecule has 0 atom stereocenters. The summed E-state index contributed by atoms with van der Waals surface area (Å²) in [5, 5.41) is 0. The van der Waals surface area contributed by atoms with Gasteiger partial charge in [-0.3, -0.25) is 14.5 Å². The van der Waals surface area contributed by atoms with E-state index in [4.69, 9.17) is 5.73 Å². The number of hydrogen-bond donors (Lipinski definition) is 1. The molecule has 0 spiro atoms. The standard InChI is InChI=1S/C16H19N3O2/c17-13-14(16(21)15(13)20)19-10-8-18(9-11-19)7-6-12-4-2-1-3-5-12/h1-5H,6-11,17H2. The number of piperazine rings is 1. The van der Waals surface area contributed by atoms with Gasteiger partial charge >= 0.3 is 0 Å². The summed E-state index contributed by atoms with van der Waals surface area (Å²) in [6, 6.07) is 10.4. The fraction of sp³-hybridized carbons (Fsp3) is 0.375. The second kappa shape index (κ2) is 5.69. The molecule has 0 bridgehead atoms. The van der Waals surface area contributed by atoms with E-state index in [0.717, 1.165) is 39.1 Å². The van der Waals surface area contributed by atoms with Crippen LogP contribution < -0.4 is 21.5 Å². The van der Waals surface area contributed by atoms with E-state index >= 15 is 0 Å². The molecule has 0 aliphatic carbocycles. The van der Waals surface area contributed by atoms with Crippen molar-refractivity contribution in [2.24, 2.45) is 0 Å². The van der Waals surface area contributed by atoms with Crippen LogP contribution in [0.1, 0.15) is 5.56 Å². The predicted molar refractivity (Wildman–Crippen MR) is 84.6 cm³/mol. The van der Waals surface area contributed by atoms with E-state index < -0.39 is 10.9 Å². The lowest BCUT2D eigenvalue weighted by molar-refractivity contribution is 0.261. The number of anilines is 2. The number of nitrogen functional groups attached to an aromatic ring is 1. The molecule has 1 fully saturated rings. The summed E-state index contributed by atoms with van der Waals surface area (Å²) < 4.78 is 0. The molecule has 3 rings (SSSR count). The average Bonchev–Trinajstić information content (AvgIpc) is 2.55. The van der Waals surface area contributed by atoms with Gasteiger partial charge in [0, 0.05) is 32.7 Å². The highest BCUT2D eigenvalue weighted by atomic mass is 16.2. The van der Waals surface area contributed by atoms with Crippen LogP contribution in [0.5, 0.6) is 0 Å². The van der Waals surface area contributed by atoms with Crippen LogP contribution in [-0.2, 0) is 6.42 Å². The van der Waals surface area contributed by atoms with Crippen LogP contribution in [0.3, 0.4) is 0 Å². The van der Waals surface area contributed by atoms with Gasteiger partial charge < -0.3 is 10.6 Å². The van der Waals surface area contributed by atoms with Gasteiger partial charge in [-0.25, -0.2) is 0 Å². The van der Waals surface area contributed by atoms with E-state index in [0.29, 0.717) is 5.69 Å². The van der Waals surface area contributed by atoms with Crippen molar-refractivity contribution >= 4 is 11.4 Å². The minimum Gasteiger partial charge on any atom is -0.394 e. The van der Waals surface area contributed by atoms with Gasteiger partial charge in [0.05, 0.1) is 0 Å². The number of benzene rings is 1. The number of hydrogen-bond acceptors (Lipinski definition) is 5. The van der Waals surface area contributed by atoms with Crippen LogP contribution in [-0.4, -0.2) is 37.6 Å². The minimum atomic E-state index is -0.531. The lowest BCUT2D eigenvalue weighted by Gasteiger charge is -2.36. The first kappa shape index (κ1) is 13.8. The third-order valence-electron chi connectivity index (χ3n) is 4.17. The molecule has 2 N–H and O–H groups in total. The third kappa shape index (κ3) is 2.69. The van der Waals surface area contributed by atoms with E-state index in [1.807, 2.05) is 11.0 Å². The lowest BCUT2D eigenvalue weighted by Crippen LogP contribution is -2.51. The Morgan fingerprint density at radius 3 is 2.24 bits per heavy atom. The zero-order chi connectivity index (χ0) is 14.8. The van der Waals surface area contributed by atoms with Crippen molar-refractivity contribution in [1.29, 1.82) is 0 Å². The Morgan fingerprint density at radius 2 is 1.62 bits per heavy atom. The van der Waals surface area contributed by atoms with E-state index in [9.17, 15) is 9.59 Å². The monoisotopic (exact) mass is 285 g/mol. The van der Waals surface area contributed by atoms with Crippen LogP contribution in [0.15, 0.2) is 39.9 Å². The summed E-state index contributed by atoms with van der Waals surface area (Å²) in [4.78, 5) is 27.0. The van der Waals surface area contributed by atoms with Crippen molar-refractivity contribution in [1.82, 2.24) is 4.90 Å². The van der Waals surface area contributed by atoms with Gasteiger partial charge in [0.1, 0.15) is 11.4 Å². The molecule has 0 unspecified atom stereocenters. The fourth-order valence-corrected chi connectivity index (χ4v) is 2.84. The third-order valence-corrected chi connectivity index (χ3v) is 4.17. The van der Waals surface area contributed by atoms with Gasteiger partial charge in [-0.15, -0.1) is 0 Å². The summed E-state index contributed by atoms with van der Waals surface area (Å²) in [7, 11) is 0. The van der Waals surface area contributed by atoms with Crippen LogP contribution in [0.25, 0.3) is 0 Å². The molecule has 5 heteroatoms. The molecule has 2 aromatic rings. The van der Waals surface area contributed by atoms with Crippen molar-refractivity contribution in [3.63, 3.8) is 0 Å². The van der Waals surface area contributed by atoms with Crippen molar-refractivity contribution in [2.75, 3.05) is 43.4 Å². The molecule has 110 valence electrons. The first-order valence-corrected chi connectivity index (χ1v) is 7.27. The van der Waals surface area contributed by atoms with Gasteiger partial charge in [0.2, 0.25) is 0 Å². The maximum Gasteiger partial charge on any atom is 0.253 e. The van der Waals surface area contributed by atoms with Gasteiger partial charge in [-0.05, 0) is 12.0 Å². The Hall–Kier alpha value is -2.14. The average molecular weight is 285 g/mol. The van der Waals surface area contributed by atoms with Crippen LogP contribution >= 0.6 is 0 Å². The Bertz CT molecular complexity index is 681. The normalized spacial score (nSPS) is 16.5. The number of nitrogens with two attached hydrogens (primary N) is 1. The highest BCUT2D eigenvalue weighted by Gasteiger charge is 2.26. The smallest absolute Gasteiger partial charge is 0.253 e. The maximum atomic E-state index is 11.5. The van der Waals surface area contributed by atoms with Crippen LogP contribution in [0, 0.1) is 0 Å². The van der Waals surface area contributed by atoms with E-state index in [1.54, 1.807) is 0 Å². The number of nitrogens with zero attached hydrogens (tertiary/aromatic N) is 2. The molecule has 0 radical (unpaired) electrons. The van der Waals surface area contributed by atoms with Gasteiger partial charge in [-0.2, -0.15) is 0 Å². The Kier molecular flexibility index (Phi) is 3.75. The SMILES string of the molecule is Nc1c(N2CCN(CCc3ccccc3)CC2)c(=O)c1=O. The van der Waals surface area contributed by atoms with E-state index in [1.165, 1.54) is 5.56 Å². The highest BCUT2D eigenvalue weighted by molar-refractivity contribution is 5.72. The van der Waals surface area contributed by atoms with Crippen molar-refractivity contribution in [3.05, 3.63) is 56.3 Å². The molecule has 2 aromatic carbocycles. The van der Waals surface area contributed by atoms with Crippen molar-refractivity contribution in [2.45, 2.75) is 6.42 Å². The summed E-state index contributed by atoms with van der Waals surface area (Å²) >= 11 is 0. The zero-order valence-electron chi connectivity index (χ0n) is 11.9. The second-order valence-corrected chi connectivity index (χ2v) is 5.48. The van der Waals surface area contributed by atoms with Crippen LogP contribution in [0.4, 0.5) is 11.4 Å². The summed E-state index contributed by atoms with van der Waals surface area (Å²) in [5.41, 5.74) is 6.56. The quantitative estimate of drug-likeness (QED) is 0.815. The summed E-state index contributed by atoms with van der Waals surface area (Å²) in [5.74, 6) is 0. The van der Waals surface area contributed by atoms with Crippen LogP contribution in [0.2, 0.25) is 0 Å². The van der Waals surface area contributed by atoms with E-state index in [2.05, 4.69) is 29.2 Å². The summed E-state index contributed by atoms with van der Waals surface area (Å²) in [6.45, 7) is 4.31. The molecule has 21 heavy (non-hydrogen) atoms. The van der Waals surface area contributed by atoms with Gasteiger partial charge in [0.15, 0.2) is 0 Å². The summed E-state index contributed by atoms with van der Waals surface area (Å²) in [6.07, 6.45) is 1.03. The Balaban J connectivity index is 1.52. The molecular formula is C16H19N3O2. The molecular weight excluding hydrogens is 266 g/mol. The number of rotatable bonds is 4. The molecule has 1 saturated heterocycles. The molecule has 0 aromatic heterocycles. The van der Waals surface area contributed by atoms with E-state index in [-0.39, 0.29) is 5.69 Å². The molecule has 0 amide bonds. The van der Waals surface area contributed by atoms with Gasteiger partial charge in [-0.1, -0.05) is 30.3 Å². The topological polar surface area (TPSA) is 66.6 Å². The molecule has 1 aliphatic rings. The lowest BCUT2D eigenvalue weighted by atomic mass is 10.1. The molecule has 0 saturated carbocycles. The minimum absolute atomic E-state index is 0.137. The molecule has 1 heterocycles. The molecule has 5 nitrogen and oxygen atoms in total. The fourth-order valence-electron chi connectivity index (χ4n) is 2.84. The van der Waals surface area contributed by atoms with Crippen molar-refractivity contribution < 1.29 is 0 Å². The first-order valence-electron chi connectivity index (χ1n) is 7.27. The zero-order valence-corrected chi connectivity index (χ0v) is 11.9. The molecule has 1 aliphatic heterocycles. The first-order chi connectivity index (χ1) is 10.2. The maximum absolute atomic E-state index is 11.5. The highest BCUT2D eigenvalue weighted by Crippen LogP contribution is 2.18.